The van der Waals surface area contributed by atoms with Crippen molar-refractivity contribution in [2.24, 2.45) is 5.92 Å². The minimum Gasteiger partial charge on any atom is -0.436 e. The molecule has 0 radical (unpaired) electrons. The largest absolute Gasteiger partial charge is 0.436 e. The first-order valence-corrected chi connectivity index (χ1v) is 11.3. The molecule has 8 nitrogen and oxygen atoms in total. The minimum atomic E-state index is -0.269. The molecule has 1 N–H and O–H groups in total. The molecule has 1 saturated heterocycles. The van der Waals surface area contributed by atoms with E-state index in [4.69, 9.17) is 9.68 Å². The fourth-order valence-corrected chi connectivity index (χ4v) is 4.54. The lowest BCUT2D eigenvalue weighted by Gasteiger charge is -2.31. The Morgan fingerprint density at radius 2 is 2.06 bits per heavy atom. The van der Waals surface area contributed by atoms with E-state index in [2.05, 4.69) is 21.4 Å². The molecule has 3 aromatic rings. The van der Waals surface area contributed by atoms with Crippen molar-refractivity contribution < 1.29 is 14.0 Å². The second-order valence-corrected chi connectivity index (χ2v) is 8.71. The molecule has 32 heavy (non-hydrogen) atoms. The average Bonchev–Trinajstić information content (AvgIpc) is 3.43. The van der Waals surface area contributed by atoms with E-state index in [0.717, 1.165) is 29.1 Å². The molecule has 2 aromatic heterocycles. The van der Waals surface area contributed by atoms with Gasteiger partial charge in [0.2, 0.25) is 11.7 Å². The van der Waals surface area contributed by atoms with Gasteiger partial charge in [-0.25, -0.2) is 9.97 Å². The van der Waals surface area contributed by atoms with E-state index in [1.54, 1.807) is 30.9 Å². The van der Waals surface area contributed by atoms with Gasteiger partial charge in [-0.05, 0) is 31.9 Å². The summed E-state index contributed by atoms with van der Waals surface area (Å²) in [6.45, 7) is 4.75. The Balaban J connectivity index is 1.34. The number of carbonyl (C=O) groups excluding carboxylic acids is 2. The summed E-state index contributed by atoms with van der Waals surface area (Å²) in [4.78, 5) is 36.0. The molecular formula is C23H23N5O3S. The normalized spacial score (nSPS) is 15.9. The van der Waals surface area contributed by atoms with Crippen LogP contribution in [0.2, 0.25) is 0 Å². The first kappa shape index (κ1) is 21.7. The van der Waals surface area contributed by atoms with Gasteiger partial charge in [-0.1, -0.05) is 12.1 Å². The van der Waals surface area contributed by atoms with Gasteiger partial charge in [-0.15, -0.1) is 11.3 Å². The number of aromatic nitrogens is 2. The number of oxazole rings is 1. The van der Waals surface area contributed by atoms with Crippen molar-refractivity contribution in [3.63, 3.8) is 0 Å². The summed E-state index contributed by atoms with van der Waals surface area (Å²) in [5.41, 5.74) is 2.92. The molecule has 3 heterocycles. The summed E-state index contributed by atoms with van der Waals surface area (Å²) in [5, 5.41) is 14.6. The lowest BCUT2D eigenvalue weighted by Crippen LogP contribution is -2.45. The number of hydrogen-bond donors (Lipinski definition) is 1. The molecule has 0 spiro atoms. The van der Waals surface area contributed by atoms with Crippen LogP contribution >= 0.6 is 11.3 Å². The lowest BCUT2D eigenvalue weighted by atomic mass is 9.97. The molecule has 0 saturated carbocycles. The molecule has 1 aliphatic rings. The maximum absolute atomic E-state index is 12.8. The molecule has 0 bridgehead atoms. The second kappa shape index (κ2) is 9.32. The number of nitriles is 1. The number of thiazole rings is 1. The Morgan fingerprint density at radius 3 is 2.75 bits per heavy atom. The number of benzene rings is 1. The van der Waals surface area contributed by atoms with Crippen LogP contribution in [-0.2, 0) is 11.3 Å². The third kappa shape index (κ3) is 4.70. The highest BCUT2D eigenvalue weighted by molar-refractivity contribution is 7.09. The summed E-state index contributed by atoms with van der Waals surface area (Å²) in [7, 11) is 0. The second-order valence-electron chi connectivity index (χ2n) is 7.77. The fourth-order valence-electron chi connectivity index (χ4n) is 3.80. The summed E-state index contributed by atoms with van der Waals surface area (Å²) >= 11 is 1.47. The minimum absolute atomic E-state index is 0.0805. The number of hydrogen-bond acceptors (Lipinski definition) is 7. The highest BCUT2D eigenvalue weighted by Crippen LogP contribution is 2.23. The van der Waals surface area contributed by atoms with E-state index >= 15 is 0 Å². The van der Waals surface area contributed by atoms with Gasteiger partial charge in [-0.3, -0.25) is 9.59 Å². The van der Waals surface area contributed by atoms with Gasteiger partial charge in [0.15, 0.2) is 5.89 Å². The van der Waals surface area contributed by atoms with E-state index in [0.29, 0.717) is 36.8 Å². The zero-order valence-corrected chi connectivity index (χ0v) is 18.7. The molecule has 1 aliphatic heterocycles. The molecule has 0 unspecified atom stereocenters. The van der Waals surface area contributed by atoms with Crippen molar-refractivity contribution in [1.82, 2.24) is 20.2 Å². The number of aryl methyl sites for hydroxylation is 2. The van der Waals surface area contributed by atoms with Crippen LogP contribution in [0, 0.1) is 31.1 Å². The lowest BCUT2D eigenvalue weighted by molar-refractivity contribution is -0.126. The van der Waals surface area contributed by atoms with Gasteiger partial charge < -0.3 is 14.6 Å². The highest BCUT2D eigenvalue weighted by Gasteiger charge is 2.31. The summed E-state index contributed by atoms with van der Waals surface area (Å²) in [6.07, 6.45) is 1.49. The Labute approximate surface area is 189 Å². The van der Waals surface area contributed by atoms with Crippen LogP contribution in [0.5, 0.6) is 0 Å². The van der Waals surface area contributed by atoms with Gasteiger partial charge in [-0.2, -0.15) is 5.26 Å². The molecule has 4 rings (SSSR count). The van der Waals surface area contributed by atoms with Crippen LogP contribution in [-0.4, -0.2) is 39.8 Å². The number of rotatable bonds is 5. The number of carbonyl (C=O) groups is 2. The van der Waals surface area contributed by atoms with Crippen molar-refractivity contribution in [2.45, 2.75) is 33.2 Å². The van der Waals surface area contributed by atoms with Gasteiger partial charge in [0.25, 0.3) is 5.91 Å². The molecule has 1 fully saturated rings. The molecule has 164 valence electrons. The number of nitrogens with zero attached hydrogens (tertiary/aromatic N) is 4. The van der Waals surface area contributed by atoms with E-state index in [1.807, 2.05) is 17.5 Å². The molecule has 1 atom stereocenters. The SMILES string of the molecule is Cc1nc(C)c(C(=O)N2CCC[C@H](C(=O)NCc3nc(-c4ccc(C#N)cc4)cs3)C2)o1. The zero-order chi connectivity index (χ0) is 22.7. The van der Waals surface area contributed by atoms with Gasteiger partial charge >= 0.3 is 0 Å². The summed E-state index contributed by atoms with van der Waals surface area (Å²) < 4.78 is 5.46. The third-order valence-electron chi connectivity index (χ3n) is 5.45. The van der Waals surface area contributed by atoms with Gasteiger partial charge in [0.05, 0.1) is 35.5 Å². The van der Waals surface area contributed by atoms with Gasteiger partial charge in [0.1, 0.15) is 5.01 Å². The van der Waals surface area contributed by atoms with E-state index < -0.39 is 0 Å². The van der Waals surface area contributed by atoms with Crippen LogP contribution in [0.4, 0.5) is 0 Å². The van der Waals surface area contributed by atoms with Crippen LogP contribution in [0.3, 0.4) is 0 Å². The standard InChI is InChI=1S/C23H23N5O3S/c1-14-21(31-15(2)26-14)23(30)28-9-3-4-18(12-28)22(29)25-11-20-27-19(13-32-20)17-7-5-16(10-24)6-8-17/h5-8,13,18H,3-4,9,11-12H2,1-2H3,(H,25,29)/t18-/m0/s1. The smallest absolute Gasteiger partial charge is 0.291 e. The first-order valence-electron chi connectivity index (χ1n) is 10.4. The van der Waals surface area contributed by atoms with Crippen LogP contribution in [0.25, 0.3) is 11.3 Å². The first-order chi connectivity index (χ1) is 15.4. The van der Waals surface area contributed by atoms with Crippen molar-refractivity contribution in [1.29, 1.82) is 5.26 Å². The number of nitrogens with one attached hydrogen (secondary N) is 1. The van der Waals surface area contributed by atoms with Crippen molar-refractivity contribution in [3.05, 3.63) is 57.6 Å². The van der Waals surface area contributed by atoms with Crippen LogP contribution in [0.15, 0.2) is 34.1 Å². The Hall–Kier alpha value is -3.51. The van der Waals surface area contributed by atoms with Crippen LogP contribution in [0.1, 0.15) is 45.6 Å². The number of likely N-dealkylation sites (tertiary alicyclic amines) is 1. The van der Waals surface area contributed by atoms with Crippen molar-refractivity contribution in [2.75, 3.05) is 13.1 Å². The predicted molar refractivity (Wildman–Crippen MR) is 119 cm³/mol. The summed E-state index contributed by atoms with van der Waals surface area (Å²) in [6, 6.07) is 9.34. The Kier molecular flexibility index (Phi) is 6.32. The molecular weight excluding hydrogens is 426 g/mol. The van der Waals surface area contributed by atoms with E-state index in [-0.39, 0.29) is 23.5 Å². The Bertz CT molecular complexity index is 1180. The number of amides is 2. The zero-order valence-electron chi connectivity index (χ0n) is 17.9. The topological polar surface area (TPSA) is 112 Å². The molecule has 0 aliphatic carbocycles. The van der Waals surface area contributed by atoms with Gasteiger partial charge in [0, 0.05) is 31.0 Å². The average molecular weight is 450 g/mol. The van der Waals surface area contributed by atoms with Crippen molar-refractivity contribution in [3.8, 4) is 17.3 Å². The fraction of sp³-hybridized carbons (Fsp3) is 0.348. The van der Waals surface area contributed by atoms with E-state index in [9.17, 15) is 9.59 Å². The quantitative estimate of drug-likeness (QED) is 0.638. The Morgan fingerprint density at radius 1 is 1.28 bits per heavy atom. The summed E-state index contributed by atoms with van der Waals surface area (Å²) in [5.74, 6) is 0.147. The molecule has 2 amide bonds. The monoisotopic (exact) mass is 449 g/mol. The molecule has 9 heteroatoms. The van der Waals surface area contributed by atoms with Crippen molar-refractivity contribution >= 4 is 23.2 Å². The maximum Gasteiger partial charge on any atom is 0.291 e. The van der Waals surface area contributed by atoms with E-state index in [1.165, 1.54) is 11.3 Å². The molecule has 1 aromatic carbocycles. The predicted octanol–water partition coefficient (Wildman–Crippen LogP) is 3.46. The van der Waals surface area contributed by atoms with Crippen LogP contribution < -0.4 is 5.32 Å². The maximum atomic E-state index is 12.8. The third-order valence-corrected chi connectivity index (χ3v) is 6.30. The highest BCUT2D eigenvalue weighted by atomic mass is 32.1. The number of piperidine rings is 1.